The maximum Gasteiger partial charge on any atom is 0.257 e. The second kappa shape index (κ2) is 5.92. The van der Waals surface area contributed by atoms with Crippen LogP contribution in [-0.2, 0) is 21.2 Å². The molecule has 1 atom stereocenters. The molecular weight excluding hydrogens is 280 g/mol. The number of H-pyrrole nitrogens is 1. The van der Waals surface area contributed by atoms with Gasteiger partial charge in [-0.1, -0.05) is 6.92 Å². The first-order valence-electron chi connectivity index (χ1n) is 6.74. The molecule has 0 aromatic carbocycles. The van der Waals surface area contributed by atoms with Gasteiger partial charge in [-0.15, -0.1) is 0 Å². The average molecular weight is 300 g/mol. The molecule has 0 unspecified atom stereocenters. The van der Waals surface area contributed by atoms with Gasteiger partial charge in [-0.2, -0.15) is 0 Å². The lowest BCUT2D eigenvalue weighted by atomic mass is 10.1. The SMILES string of the molecule is CCc1ncc(S(=O)(=O)N[C@@H]2CCCN(C(C)=O)C2)[nH]1. The van der Waals surface area contributed by atoms with Crippen molar-refractivity contribution < 1.29 is 13.2 Å². The van der Waals surface area contributed by atoms with Crippen LogP contribution in [0.3, 0.4) is 0 Å². The Morgan fingerprint density at radius 3 is 2.95 bits per heavy atom. The third-order valence-corrected chi connectivity index (χ3v) is 4.85. The molecule has 1 aliphatic heterocycles. The molecule has 0 bridgehead atoms. The number of imidazole rings is 1. The molecule has 2 N–H and O–H groups in total. The largest absolute Gasteiger partial charge is 0.341 e. The maximum atomic E-state index is 12.2. The van der Waals surface area contributed by atoms with Gasteiger partial charge < -0.3 is 9.88 Å². The van der Waals surface area contributed by atoms with Gasteiger partial charge in [-0.05, 0) is 12.8 Å². The van der Waals surface area contributed by atoms with Gasteiger partial charge in [0.2, 0.25) is 5.91 Å². The van der Waals surface area contributed by atoms with Crippen LogP contribution < -0.4 is 4.72 Å². The van der Waals surface area contributed by atoms with Gasteiger partial charge in [0.05, 0.1) is 6.20 Å². The molecule has 1 saturated heterocycles. The molecule has 7 nitrogen and oxygen atoms in total. The Morgan fingerprint density at radius 1 is 1.60 bits per heavy atom. The molecule has 112 valence electrons. The molecule has 1 fully saturated rings. The number of likely N-dealkylation sites (tertiary alicyclic amines) is 1. The quantitative estimate of drug-likeness (QED) is 0.834. The van der Waals surface area contributed by atoms with Crippen molar-refractivity contribution in [3.63, 3.8) is 0 Å². The summed E-state index contributed by atoms with van der Waals surface area (Å²) in [6.07, 6.45) is 3.51. The van der Waals surface area contributed by atoms with Crippen LogP contribution >= 0.6 is 0 Å². The monoisotopic (exact) mass is 300 g/mol. The predicted molar refractivity (Wildman–Crippen MR) is 73.6 cm³/mol. The first-order chi connectivity index (χ1) is 9.42. The molecule has 0 radical (unpaired) electrons. The van der Waals surface area contributed by atoms with E-state index in [0.717, 1.165) is 12.8 Å². The van der Waals surface area contributed by atoms with Crippen molar-refractivity contribution in [1.29, 1.82) is 0 Å². The summed E-state index contributed by atoms with van der Waals surface area (Å²) in [6, 6.07) is -0.244. The van der Waals surface area contributed by atoms with Crippen LogP contribution in [0.15, 0.2) is 11.2 Å². The van der Waals surface area contributed by atoms with E-state index >= 15 is 0 Å². The standard InChI is InChI=1S/C12H20N4O3S/c1-3-11-13-7-12(14-11)20(18,19)15-10-5-4-6-16(8-10)9(2)17/h7,10,15H,3-6,8H2,1-2H3,(H,13,14)/t10-/m1/s1. The van der Waals surface area contributed by atoms with Gasteiger partial charge in [0, 0.05) is 32.5 Å². The smallest absolute Gasteiger partial charge is 0.257 e. The summed E-state index contributed by atoms with van der Waals surface area (Å²) in [7, 11) is -3.60. The first-order valence-corrected chi connectivity index (χ1v) is 8.22. The van der Waals surface area contributed by atoms with E-state index in [0.29, 0.717) is 25.3 Å². The van der Waals surface area contributed by atoms with Gasteiger partial charge in [-0.25, -0.2) is 18.1 Å². The Kier molecular flexibility index (Phi) is 4.44. The van der Waals surface area contributed by atoms with Crippen molar-refractivity contribution in [1.82, 2.24) is 19.6 Å². The lowest BCUT2D eigenvalue weighted by Crippen LogP contribution is -2.49. The van der Waals surface area contributed by atoms with Crippen molar-refractivity contribution in [3.05, 3.63) is 12.0 Å². The lowest BCUT2D eigenvalue weighted by molar-refractivity contribution is -0.130. The summed E-state index contributed by atoms with van der Waals surface area (Å²) >= 11 is 0. The number of amides is 1. The summed E-state index contributed by atoms with van der Waals surface area (Å²) in [5, 5.41) is 0.0781. The second-order valence-corrected chi connectivity index (χ2v) is 6.66. The van der Waals surface area contributed by atoms with Crippen molar-refractivity contribution in [2.24, 2.45) is 0 Å². The molecule has 0 spiro atoms. The number of nitrogens with zero attached hydrogens (tertiary/aromatic N) is 2. The molecule has 1 amide bonds. The highest BCUT2D eigenvalue weighted by Gasteiger charge is 2.27. The Balaban J connectivity index is 2.06. The number of hydrogen-bond acceptors (Lipinski definition) is 4. The minimum Gasteiger partial charge on any atom is -0.341 e. The number of rotatable bonds is 4. The molecule has 2 heterocycles. The minimum absolute atomic E-state index is 0.0243. The molecule has 2 rings (SSSR count). The molecular formula is C12H20N4O3S. The second-order valence-electron chi connectivity index (χ2n) is 4.97. The number of sulfonamides is 1. The Labute approximate surface area is 118 Å². The fourth-order valence-electron chi connectivity index (χ4n) is 2.30. The summed E-state index contributed by atoms with van der Waals surface area (Å²) in [6.45, 7) is 4.51. The number of aromatic nitrogens is 2. The summed E-state index contributed by atoms with van der Waals surface area (Å²) in [4.78, 5) is 19.8. The molecule has 0 aliphatic carbocycles. The van der Waals surface area contributed by atoms with Crippen LogP contribution in [0.5, 0.6) is 0 Å². The molecule has 0 saturated carbocycles. The topological polar surface area (TPSA) is 95.2 Å². The third kappa shape index (κ3) is 3.37. The number of nitrogens with one attached hydrogen (secondary N) is 2. The zero-order chi connectivity index (χ0) is 14.8. The van der Waals surface area contributed by atoms with Crippen molar-refractivity contribution in [2.45, 2.75) is 44.2 Å². The Hall–Kier alpha value is -1.41. The highest BCUT2D eigenvalue weighted by molar-refractivity contribution is 7.89. The highest BCUT2D eigenvalue weighted by Crippen LogP contribution is 2.14. The lowest BCUT2D eigenvalue weighted by Gasteiger charge is -2.32. The van der Waals surface area contributed by atoms with Gasteiger partial charge in [-0.3, -0.25) is 4.79 Å². The number of piperidine rings is 1. The number of hydrogen-bond donors (Lipinski definition) is 2. The maximum absolute atomic E-state index is 12.2. The van der Waals surface area contributed by atoms with E-state index in [2.05, 4.69) is 14.7 Å². The van der Waals surface area contributed by atoms with Gasteiger partial charge in [0.15, 0.2) is 5.03 Å². The molecule has 1 aromatic heterocycles. The van der Waals surface area contributed by atoms with E-state index < -0.39 is 10.0 Å². The van der Waals surface area contributed by atoms with Gasteiger partial charge >= 0.3 is 0 Å². The van der Waals surface area contributed by atoms with Crippen LogP contribution in [0.4, 0.5) is 0 Å². The zero-order valence-corrected chi connectivity index (χ0v) is 12.5. The third-order valence-electron chi connectivity index (χ3n) is 3.42. The first kappa shape index (κ1) is 15.0. The Morgan fingerprint density at radius 2 is 2.35 bits per heavy atom. The zero-order valence-electron chi connectivity index (χ0n) is 11.7. The summed E-state index contributed by atoms with van der Waals surface area (Å²) < 4.78 is 27.1. The normalized spacial score (nSPS) is 20.1. The summed E-state index contributed by atoms with van der Waals surface area (Å²) in [5.74, 6) is 0.614. The fourth-order valence-corrected chi connectivity index (χ4v) is 3.50. The molecule has 1 aromatic rings. The predicted octanol–water partition coefficient (Wildman–Crippen LogP) is 0.261. The van der Waals surface area contributed by atoms with Crippen LogP contribution in [0.25, 0.3) is 0 Å². The van der Waals surface area contributed by atoms with E-state index in [1.165, 1.54) is 13.1 Å². The average Bonchev–Trinajstić information content (AvgIpc) is 2.88. The van der Waals surface area contributed by atoms with Crippen LogP contribution in [0, 0.1) is 0 Å². The van der Waals surface area contributed by atoms with E-state index in [1.807, 2.05) is 6.92 Å². The number of carbonyl (C=O) groups is 1. The van der Waals surface area contributed by atoms with Gasteiger partial charge in [0.1, 0.15) is 5.82 Å². The van der Waals surface area contributed by atoms with Crippen LogP contribution in [0.2, 0.25) is 0 Å². The molecule has 20 heavy (non-hydrogen) atoms. The van der Waals surface area contributed by atoms with E-state index in [4.69, 9.17) is 0 Å². The van der Waals surface area contributed by atoms with E-state index in [9.17, 15) is 13.2 Å². The van der Waals surface area contributed by atoms with Crippen LogP contribution in [0.1, 0.15) is 32.5 Å². The van der Waals surface area contributed by atoms with Crippen molar-refractivity contribution >= 4 is 15.9 Å². The number of aryl methyl sites for hydroxylation is 1. The fraction of sp³-hybridized carbons (Fsp3) is 0.667. The number of carbonyl (C=O) groups excluding carboxylic acids is 1. The highest BCUT2D eigenvalue weighted by atomic mass is 32.2. The molecule has 1 aliphatic rings. The van der Waals surface area contributed by atoms with E-state index in [1.54, 1.807) is 4.90 Å². The van der Waals surface area contributed by atoms with Gasteiger partial charge in [0.25, 0.3) is 10.0 Å². The van der Waals surface area contributed by atoms with Crippen molar-refractivity contribution in [3.8, 4) is 0 Å². The van der Waals surface area contributed by atoms with Crippen LogP contribution in [-0.4, -0.2) is 48.3 Å². The number of aromatic amines is 1. The minimum atomic E-state index is -3.60. The van der Waals surface area contributed by atoms with E-state index in [-0.39, 0.29) is 17.0 Å². The molecule has 8 heteroatoms. The summed E-state index contributed by atoms with van der Waals surface area (Å²) in [5.41, 5.74) is 0. The Bertz CT molecular complexity index is 581. The van der Waals surface area contributed by atoms with Crippen molar-refractivity contribution in [2.75, 3.05) is 13.1 Å².